The van der Waals surface area contributed by atoms with E-state index in [0.29, 0.717) is 24.2 Å². The number of halogens is 1. The molecule has 2 aromatic carbocycles. The molecule has 5 N–H and O–H groups in total. The Morgan fingerprint density at radius 3 is 2.58 bits per heavy atom. The first-order valence-corrected chi connectivity index (χ1v) is 13.4. The third-order valence-electron chi connectivity index (χ3n) is 6.11. The molecule has 4 aromatic rings. The van der Waals surface area contributed by atoms with Crippen molar-refractivity contribution in [3.8, 4) is 17.0 Å². The monoisotopic (exact) mass is 537 g/mol. The van der Waals surface area contributed by atoms with Gasteiger partial charge in [0.25, 0.3) is 5.91 Å². The Kier molecular flexibility index (Phi) is 6.45. The van der Waals surface area contributed by atoms with Crippen LogP contribution in [0, 0.1) is 5.82 Å². The number of ether oxygens (including phenoxy) is 1. The number of nitrogens with two attached hydrogens (primary N) is 1. The Bertz CT molecular complexity index is 1590. The summed E-state index contributed by atoms with van der Waals surface area (Å²) in [7, 11) is -3.63. The van der Waals surface area contributed by atoms with Gasteiger partial charge in [-0.15, -0.1) is 0 Å². The van der Waals surface area contributed by atoms with Gasteiger partial charge in [-0.1, -0.05) is 18.2 Å². The van der Waals surface area contributed by atoms with Crippen LogP contribution in [0.15, 0.2) is 61.1 Å². The lowest BCUT2D eigenvalue weighted by atomic mass is 10.0. The van der Waals surface area contributed by atoms with Gasteiger partial charge in [0, 0.05) is 18.0 Å². The van der Waals surface area contributed by atoms with Crippen LogP contribution in [-0.2, 0) is 15.6 Å². The highest BCUT2D eigenvalue weighted by molar-refractivity contribution is 7.92. The molecule has 11 nitrogen and oxygen atoms in total. The van der Waals surface area contributed by atoms with Crippen molar-refractivity contribution in [2.24, 2.45) is 5.73 Å². The normalized spacial score (nSPS) is 14.1. The molecule has 0 atom stereocenters. The molecule has 2 aromatic heterocycles. The highest BCUT2D eigenvalue weighted by atomic mass is 32.2. The lowest BCUT2D eigenvalue weighted by molar-refractivity contribution is 0.100. The van der Waals surface area contributed by atoms with Crippen LogP contribution in [0.2, 0.25) is 0 Å². The van der Waals surface area contributed by atoms with Crippen molar-refractivity contribution in [1.29, 1.82) is 0 Å². The van der Waals surface area contributed by atoms with Gasteiger partial charge in [-0.05, 0) is 49.6 Å². The van der Waals surface area contributed by atoms with Crippen molar-refractivity contribution < 1.29 is 22.3 Å². The van der Waals surface area contributed by atoms with E-state index in [4.69, 9.17) is 10.5 Å². The zero-order valence-corrected chi connectivity index (χ0v) is 21.0. The van der Waals surface area contributed by atoms with Gasteiger partial charge in [0.2, 0.25) is 10.0 Å². The molecular formula is C25H24FN7O4S. The molecule has 38 heavy (non-hydrogen) atoms. The van der Waals surface area contributed by atoms with Crippen molar-refractivity contribution in [3.05, 3.63) is 78.0 Å². The highest BCUT2D eigenvalue weighted by Crippen LogP contribution is 2.51. The van der Waals surface area contributed by atoms with E-state index in [1.807, 2.05) is 0 Å². The smallest absolute Gasteiger partial charge is 0.254 e. The third kappa shape index (κ3) is 5.13. The molecule has 0 unspecified atom stereocenters. The number of carbonyl (C=O) groups is 1. The number of primary amides is 1. The van der Waals surface area contributed by atoms with E-state index in [1.165, 1.54) is 43.7 Å². The van der Waals surface area contributed by atoms with E-state index in [-0.39, 0.29) is 40.1 Å². The van der Waals surface area contributed by atoms with Crippen molar-refractivity contribution in [2.75, 3.05) is 15.8 Å². The largest absolute Gasteiger partial charge is 0.480 e. The van der Waals surface area contributed by atoms with Crippen molar-refractivity contribution in [3.63, 3.8) is 0 Å². The SMILES string of the molecule is CCS(=O)(=O)Nc1ccc(-c2n[nH]c(Nc3cnccn3)c2C(N)=O)cc1OC1(c2ccc(F)cc2)CC1. The molecule has 13 heteroatoms. The van der Waals surface area contributed by atoms with Crippen LogP contribution in [-0.4, -0.2) is 40.2 Å². The van der Waals surface area contributed by atoms with E-state index in [2.05, 4.69) is 30.2 Å². The molecule has 1 aliphatic rings. The van der Waals surface area contributed by atoms with E-state index < -0.39 is 21.5 Å². The summed E-state index contributed by atoms with van der Waals surface area (Å²) in [5.41, 5.74) is 6.69. The van der Waals surface area contributed by atoms with Gasteiger partial charge in [-0.25, -0.2) is 17.8 Å². The average Bonchev–Trinajstić information content (AvgIpc) is 3.56. The summed E-state index contributed by atoms with van der Waals surface area (Å²) >= 11 is 0. The van der Waals surface area contributed by atoms with Crippen LogP contribution in [0.1, 0.15) is 35.7 Å². The first-order valence-electron chi connectivity index (χ1n) is 11.7. The number of hydrogen-bond donors (Lipinski definition) is 4. The number of amides is 1. The zero-order chi connectivity index (χ0) is 26.9. The maximum absolute atomic E-state index is 13.5. The van der Waals surface area contributed by atoms with Gasteiger partial charge in [0.1, 0.15) is 40.1 Å². The molecule has 0 spiro atoms. The van der Waals surface area contributed by atoms with Gasteiger partial charge < -0.3 is 15.8 Å². The van der Waals surface area contributed by atoms with Crippen LogP contribution < -0.4 is 20.5 Å². The minimum absolute atomic E-state index is 0.0724. The number of aromatic nitrogens is 4. The molecule has 0 saturated heterocycles. The van der Waals surface area contributed by atoms with Gasteiger partial charge in [-0.2, -0.15) is 5.10 Å². The van der Waals surface area contributed by atoms with Crippen LogP contribution >= 0.6 is 0 Å². The Balaban J connectivity index is 1.56. The summed E-state index contributed by atoms with van der Waals surface area (Å²) in [4.78, 5) is 20.5. The Hall–Kier alpha value is -4.52. The number of anilines is 3. The van der Waals surface area contributed by atoms with Crippen LogP contribution in [0.5, 0.6) is 5.75 Å². The molecule has 1 amide bonds. The van der Waals surface area contributed by atoms with Crippen LogP contribution in [0.3, 0.4) is 0 Å². The molecule has 0 bridgehead atoms. The van der Waals surface area contributed by atoms with E-state index in [9.17, 15) is 17.6 Å². The summed E-state index contributed by atoms with van der Waals surface area (Å²) in [5, 5.41) is 9.97. The van der Waals surface area contributed by atoms with Crippen LogP contribution in [0.25, 0.3) is 11.3 Å². The molecule has 1 saturated carbocycles. The van der Waals surface area contributed by atoms with E-state index in [0.717, 1.165) is 5.56 Å². The number of H-pyrrole nitrogens is 1. The fraction of sp³-hybridized carbons (Fsp3) is 0.200. The van der Waals surface area contributed by atoms with Gasteiger partial charge >= 0.3 is 0 Å². The highest BCUT2D eigenvalue weighted by Gasteiger charge is 2.47. The second-order valence-corrected chi connectivity index (χ2v) is 10.7. The van der Waals surface area contributed by atoms with Crippen molar-refractivity contribution in [2.45, 2.75) is 25.4 Å². The lowest BCUT2D eigenvalue weighted by Gasteiger charge is -2.22. The predicted molar refractivity (Wildman–Crippen MR) is 139 cm³/mol. The Labute approximate surface area is 217 Å². The quantitative estimate of drug-likeness (QED) is 0.238. The van der Waals surface area contributed by atoms with E-state index >= 15 is 0 Å². The van der Waals surface area contributed by atoms with Crippen LogP contribution in [0.4, 0.5) is 21.7 Å². The number of sulfonamides is 1. The second kappa shape index (κ2) is 9.74. The Morgan fingerprint density at radius 2 is 1.95 bits per heavy atom. The summed E-state index contributed by atoms with van der Waals surface area (Å²) in [6.45, 7) is 1.52. The summed E-state index contributed by atoms with van der Waals surface area (Å²) in [6, 6.07) is 10.7. The molecule has 196 valence electrons. The van der Waals surface area contributed by atoms with Crippen molar-refractivity contribution >= 4 is 33.3 Å². The minimum atomic E-state index is -3.63. The molecule has 1 fully saturated rings. The summed E-state index contributed by atoms with van der Waals surface area (Å²) < 4.78 is 47.2. The predicted octanol–water partition coefficient (Wildman–Crippen LogP) is 3.68. The Morgan fingerprint density at radius 1 is 1.18 bits per heavy atom. The molecule has 5 rings (SSSR count). The van der Waals surface area contributed by atoms with Gasteiger partial charge in [-0.3, -0.25) is 19.6 Å². The number of benzene rings is 2. The fourth-order valence-electron chi connectivity index (χ4n) is 3.98. The molecule has 2 heterocycles. The van der Waals surface area contributed by atoms with Gasteiger partial charge in [0.15, 0.2) is 0 Å². The summed E-state index contributed by atoms with van der Waals surface area (Å²) in [6.07, 6.45) is 5.77. The maximum Gasteiger partial charge on any atom is 0.254 e. The van der Waals surface area contributed by atoms with Crippen molar-refractivity contribution in [1.82, 2.24) is 20.2 Å². The number of carbonyl (C=O) groups excluding carboxylic acids is 1. The lowest BCUT2D eigenvalue weighted by Crippen LogP contribution is -2.19. The molecule has 0 radical (unpaired) electrons. The second-order valence-electron chi connectivity index (χ2n) is 8.72. The number of nitrogens with zero attached hydrogens (tertiary/aromatic N) is 3. The molecular weight excluding hydrogens is 513 g/mol. The molecule has 1 aliphatic carbocycles. The maximum atomic E-state index is 13.5. The van der Waals surface area contributed by atoms with E-state index in [1.54, 1.807) is 24.3 Å². The number of aromatic amines is 1. The minimum Gasteiger partial charge on any atom is -0.480 e. The fourth-order valence-corrected chi connectivity index (χ4v) is 4.63. The first kappa shape index (κ1) is 25.1. The number of nitrogens with one attached hydrogen (secondary N) is 3. The number of rotatable bonds is 10. The first-order chi connectivity index (χ1) is 18.2. The van der Waals surface area contributed by atoms with Gasteiger partial charge in [0.05, 0.1) is 17.6 Å². The number of hydrogen-bond acceptors (Lipinski definition) is 8. The third-order valence-corrected chi connectivity index (χ3v) is 7.40. The molecule has 0 aliphatic heterocycles. The average molecular weight is 538 g/mol. The standard InChI is InChI=1S/C25H24FN7O4S/c1-2-38(35,36)33-18-8-3-15(13-19(18)37-25(9-10-25)16-4-6-17(26)7-5-16)22-21(23(27)34)24(32-31-22)30-20-14-28-11-12-29-20/h3-8,11-14,33H,2,9-10H2,1H3,(H2,27,34)(H2,29,30,31,32). The topological polar surface area (TPSA) is 165 Å². The zero-order valence-electron chi connectivity index (χ0n) is 20.2. The summed E-state index contributed by atoms with van der Waals surface area (Å²) in [5.74, 6) is -0.442.